The Morgan fingerprint density at radius 1 is 1.57 bits per heavy atom. The predicted molar refractivity (Wildman–Crippen MR) is 55.4 cm³/mol. The van der Waals surface area contributed by atoms with E-state index in [1.54, 1.807) is 13.0 Å². The standard InChI is InChI=1S/C11H12ClFO/c1-3-8-4-5-9(13)6-10(8)11(14)7(2)12/h4-7H,3H2,1-2H3. The number of rotatable bonds is 3. The fourth-order valence-corrected chi connectivity index (χ4v) is 1.42. The third-order valence-corrected chi connectivity index (χ3v) is 2.28. The summed E-state index contributed by atoms with van der Waals surface area (Å²) in [7, 11) is 0. The molecule has 0 amide bonds. The van der Waals surface area contributed by atoms with Crippen LogP contribution < -0.4 is 0 Å². The van der Waals surface area contributed by atoms with Crippen molar-refractivity contribution in [1.82, 2.24) is 0 Å². The normalized spacial score (nSPS) is 12.6. The van der Waals surface area contributed by atoms with Gasteiger partial charge >= 0.3 is 0 Å². The number of ketones is 1. The molecular formula is C11H12ClFO. The van der Waals surface area contributed by atoms with Crippen LogP contribution in [0.5, 0.6) is 0 Å². The molecule has 14 heavy (non-hydrogen) atoms. The number of aryl methyl sites for hydroxylation is 1. The van der Waals surface area contributed by atoms with Crippen molar-refractivity contribution in [1.29, 1.82) is 0 Å². The van der Waals surface area contributed by atoms with Crippen molar-refractivity contribution >= 4 is 17.4 Å². The molecule has 0 N–H and O–H groups in total. The number of carbonyl (C=O) groups excluding carboxylic acids is 1. The number of hydrogen-bond donors (Lipinski definition) is 0. The summed E-state index contributed by atoms with van der Waals surface area (Å²) in [6.45, 7) is 3.51. The fourth-order valence-electron chi connectivity index (χ4n) is 1.30. The quantitative estimate of drug-likeness (QED) is 0.558. The van der Waals surface area contributed by atoms with Crippen molar-refractivity contribution in [3.63, 3.8) is 0 Å². The largest absolute Gasteiger partial charge is 0.293 e. The lowest BCUT2D eigenvalue weighted by molar-refractivity contribution is 0.0990. The summed E-state index contributed by atoms with van der Waals surface area (Å²) < 4.78 is 12.9. The number of hydrogen-bond acceptors (Lipinski definition) is 1. The minimum atomic E-state index is -0.609. The molecule has 0 bridgehead atoms. The van der Waals surface area contributed by atoms with E-state index >= 15 is 0 Å². The van der Waals surface area contributed by atoms with Gasteiger partial charge in [0.25, 0.3) is 0 Å². The molecule has 0 saturated carbocycles. The smallest absolute Gasteiger partial charge is 0.180 e. The van der Waals surface area contributed by atoms with Crippen molar-refractivity contribution in [2.24, 2.45) is 0 Å². The molecule has 0 heterocycles. The molecule has 1 aromatic carbocycles. The van der Waals surface area contributed by atoms with Gasteiger partial charge in [0.2, 0.25) is 0 Å². The molecule has 0 aliphatic carbocycles. The van der Waals surface area contributed by atoms with E-state index in [2.05, 4.69) is 0 Å². The Hall–Kier alpha value is -0.890. The maximum Gasteiger partial charge on any atom is 0.180 e. The Labute approximate surface area is 87.9 Å². The molecule has 0 saturated heterocycles. The SMILES string of the molecule is CCc1ccc(F)cc1C(=O)C(C)Cl. The lowest BCUT2D eigenvalue weighted by Crippen LogP contribution is -2.13. The van der Waals surface area contributed by atoms with Crippen LogP contribution in [0.3, 0.4) is 0 Å². The predicted octanol–water partition coefficient (Wildman–Crippen LogP) is 3.20. The highest BCUT2D eigenvalue weighted by Crippen LogP contribution is 2.16. The number of Topliss-reactive ketones (excluding diaryl/α,β-unsaturated/α-hetero) is 1. The van der Waals surface area contributed by atoms with Crippen LogP contribution in [0.15, 0.2) is 18.2 Å². The minimum absolute atomic E-state index is 0.219. The summed E-state index contributed by atoms with van der Waals surface area (Å²) in [5.74, 6) is -0.620. The van der Waals surface area contributed by atoms with E-state index in [1.165, 1.54) is 12.1 Å². The Balaban J connectivity index is 3.17. The Morgan fingerprint density at radius 3 is 2.71 bits per heavy atom. The third-order valence-electron chi connectivity index (χ3n) is 2.08. The van der Waals surface area contributed by atoms with Crippen LogP contribution in [-0.2, 0) is 6.42 Å². The molecule has 0 radical (unpaired) electrons. The summed E-state index contributed by atoms with van der Waals surface area (Å²) in [5, 5.41) is -0.609. The topological polar surface area (TPSA) is 17.1 Å². The van der Waals surface area contributed by atoms with Crippen molar-refractivity contribution in [2.75, 3.05) is 0 Å². The molecule has 0 fully saturated rings. The zero-order valence-corrected chi connectivity index (χ0v) is 8.94. The Kier molecular flexibility index (Phi) is 3.64. The van der Waals surface area contributed by atoms with Crippen LogP contribution in [0.4, 0.5) is 4.39 Å². The lowest BCUT2D eigenvalue weighted by atomic mass is 10.00. The van der Waals surface area contributed by atoms with Gasteiger partial charge in [-0.05, 0) is 31.0 Å². The van der Waals surface area contributed by atoms with Crippen LogP contribution in [0.2, 0.25) is 0 Å². The van der Waals surface area contributed by atoms with Gasteiger partial charge in [-0.3, -0.25) is 4.79 Å². The summed E-state index contributed by atoms with van der Waals surface area (Å²) in [6.07, 6.45) is 0.699. The molecule has 0 aliphatic heterocycles. The average molecular weight is 215 g/mol. The van der Waals surface area contributed by atoms with Crippen molar-refractivity contribution in [3.05, 3.63) is 35.1 Å². The third kappa shape index (κ3) is 2.32. The van der Waals surface area contributed by atoms with Gasteiger partial charge in [0.05, 0.1) is 5.38 Å². The summed E-state index contributed by atoms with van der Waals surface area (Å²) in [6, 6.07) is 4.23. The molecular weight excluding hydrogens is 203 g/mol. The first kappa shape index (κ1) is 11.2. The van der Waals surface area contributed by atoms with Crippen molar-refractivity contribution in [3.8, 4) is 0 Å². The molecule has 76 valence electrons. The minimum Gasteiger partial charge on any atom is -0.293 e. The van der Waals surface area contributed by atoms with Gasteiger partial charge in [0.1, 0.15) is 5.82 Å². The van der Waals surface area contributed by atoms with Crippen LogP contribution in [0.25, 0.3) is 0 Å². The monoisotopic (exact) mass is 214 g/mol. The second-order valence-corrected chi connectivity index (χ2v) is 3.79. The van der Waals surface area contributed by atoms with E-state index in [0.717, 1.165) is 5.56 Å². The van der Waals surface area contributed by atoms with Crippen LogP contribution in [-0.4, -0.2) is 11.2 Å². The Morgan fingerprint density at radius 2 is 2.21 bits per heavy atom. The second kappa shape index (κ2) is 4.56. The molecule has 3 heteroatoms. The Bertz CT molecular complexity index is 347. The molecule has 1 atom stereocenters. The van der Waals surface area contributed by atoms with Crippen molar-refractivity contribution < 1.29 is 9.18 Å². The van der Waals surface area contributed by atoms with E-state index in [1.807, 2.05) is 6.92 Å². The molecule has 0 aromatic heterocycles. The molecule has 1 rings (SSSR count). The summed E-state index contributed by atoms with van der Waals surface area (Å²) in [5.41, 5.74) is 1.24. The highest BCUT2D eigenvalue weighted by Gasteiger charge is 2.16. The molecule has 1 aromatic rings. The molecule has 1 nitrogen and oxygen atoms in total. The zero-order chi connectivity index (χ0) is 10.7. The van der Waals surface area contributed by atoms with Gasteiger partial charge < -0.3 is 0 Å². The zero-order valence-electron chi connectivity index (χ0n) is 8.18. The van der Waals surface area contributed by atoms with Gasteiger partial charge in [-0.1, -0.05) is 13.0 Å². The number of alkyl halides is 1. The van der Waals surface area contributed by atoms with Crippen LogP contribution in [0, 0.1) is 5.82 Å². The first-order valence-electron chi connectivity index (χ1n) is 4.53. The first-order chi connectivity index (χ1) is 6.56. The molecule has 0 aliphatic rings. The van der Waals surface area contributed by atoms with E-state index in [0.29, 0.717) is 12.0 Å². The second-order valence-electron chi connectivity index (χ2n) is 3.14. The highest BCUT2D eigenvalue weighted by atomic mass is 35.5. The fraction of sp³-hybridized carbons (Fsp3) is 0.364. The number of benzene rings is 1. The maximum absolute atomic E-state index is 12.9. The van der Waals surface area contributed by atoms with Gasteiger partial charge in [0.15, 0.2) is 5.78 Å². The van der Waals surface area contributed by atoms with Gasteiger partial charge in [-0.2, -0.15) is 0 Å². The lowest BCUT2D eigenvalue weighted by Gasteiger charge is -2.07. The van der Waals surface area contributed by atoms with Crippen molar-refractivity contribution in [2.45, 2.75) is 25.6 Å². The molecule has 0 spiro atoms. The summed E-state index contributed by atoms with van der Waals surface area (Å²) >= 11 is 5.67. The highest BCUT2D eigenvalue weighted by molar-refractivity contribution is 6.33. The van der Waals surface area contributed by atoms with E-state index in [4.69, 9.17) is 11.6 Å². The van der Waals surface area contributed by atoms with E-state index in [9.17, 15) is 9.18 Å². The van der Waals surface area contributed by atoms with Crippen LogP contribution in [0.1, 0.15) is 29.8 Å². The van der Waals surface area contributed by atoms with E-state index in [-0.39, 0.29) is 5.78 Å². The summed E-state index contributed by atoms with van der Waals surface area (Å²) in [4.78, 5) is 11.6. The number of carbonyl (C=O) groups is 1. The first-order valence-corrected chi connectivity index (χ1v) is 4.96. The maximum atomic E-state index is 12.9. The average Bonchev–Trinajstić information content (AvgIpc) is 2.16. The van der Waals surface area contributed by atoms with Gasteiger partial charge in [0, 0.05) is 5.56 Å². The number of halogens is 2. The van der Waals surface area contributed by atoms with E-state index < -0.39 is 11.2 Å². The van der Waals surface area contributed by atoms with Gasteiger partial charge in [-0.15, -0.1) is 11.6 Å². The van der Waals surface area contributed by atoms with Crippen LogP contribution >= 0.6 is 11.6 Å². The van der Waals surface area contributed by atoms with Gasteiger partial charge in [-0.25, -0.2) is 4.39 Å². The molecule has 1 unspecified atom stereocenters.